The summed E-state index contributed by atoms with van der Waals surface area (Å²) in [4.78, 5) is 30.5. The predicted molar refractivity (Wildman–Crippen MR) is 109 cm³/mol. The van der Waals surface area contributed by atoms with Gasteiger partial charge in [-0.15, -0.1) is 0 Å². The van der Waals surface area contributed by atoms with Gasteiger partial charge in [-0.1, -0.05) is 18.2 Å². The van der Waals surface area contributed by atoms with Crippen molar-refractivity contribution >= 4 is 11.7 Å². The maximum Gasteiger partial charge on any atom is 0.434 e. The lowest BCUT2D eigenvalue weighted by Crippen LogP contribution is -2.40. The van der Waals surface area contributed by atoms with Crippen LogP contribution in [0.2, 0.25) is 0 Å². The second-order valence-electron chi connectivity index (χ2n) is 8.03. The molecule has 1 N–H and O–H groups in total. The average Bonchev–Trinajstić information content (AvgIpc) is 3.36. The van der Waals surface area contributed by atoms with Crippen LogP contribution in [-0.2, 0) is 6.18 Å². The molecule has 2 aliphatic heterocycles. The predicted octanol–water partition coefficient (Wildman–Crippen LogP) is 3.95. The summed E-state index contributed by atoms with van der Waals surface area (Å²) in [6.07, 6.45) is 0.694. The molecule has 2 fully saturated rings. The number of benzene rings is 1. The van der Waals surface area contributed by atoms with E-state index in [2.05, 4.69) is 25.3 Å². The van der Waals surface area contributed by atoms with Crippen molar-refractivity contribution in [1.29, 1.82) is 0 Å². The topological polar surface area (TPSA) is 83.9 Å². The zero-order valence-electron chi connectivity index (χ0n) is 17.1. The molecule has 33 heavy (non-hydrogen) atoms. The van der Waals surface area contributed by atoms with Crippen LogP contribution in [0.4, 0.5) is 23.4 Å². The van der Waals surface area contributed by atoms with E-state index in [4.69, 9.17) is 0 Å². The highest BCUT2D eigenvalue weighted by molar-refractivity contribution is 6.00. The molecule has 7 nitrogen and oxygen atoms in total. The number of rotatable bonds is 4. The van der Waals surface area contributed by atoms with Crippen LogP contribution >= 0.6 is 0 Å². The van der Waals surface area contributed by atoms with Crippen molar-refractivity contribution < 1.29 is 22.4 Å². The Labute approximate surface area is 185 Å². The van der Waals surface area contributed by atoms with E-state index in [1.54, 1.807) is 29.2 Å². The van der Waals surface area contributed by atoms with Crippen molar-refractivity contribution in [2.24, 2.45) is 0 Å². The Bertz CT molecular complexity index is 1190. The van der Waals surface area contributed by atoms with Gasteiger partial charge in [0.2, 0.25) is 5.95 Å². The largest absolute Gasteiger partial charge is 0.434 e. The SMILES string of the molecule is O=C(c1ccccc1-c1nccc(F)n1)N1[C@@H]2CC[C@H]1[C@H](Nc1cnc(C(F)(F)F)cn1)C2. The van der Waals surface area contributed by atoms with Gasteiger partial charge in [-0.2, -0.15) is 22.5 Å². The van der Waals surface area contributed by atoms with Gasteiger partial charge in [0, 0.05) is 23.9 Å². The Morgan fingerprint density at radius 2 is 1.88 bits per heavy atom. The molecule has 0 aliphatic carbocycles. The van der Waals surface area contributed by atoms with Gasteiger partial charge in [0.1, 0.15) is 5.82 Å². The van der Waals surface area contributed by atoms with Crippen molar-refractivity contribution in [2.75, 3.05) is 5.32 Å². The third kappa shape index (κ3) is 3.98. The standard InChI is InChI=1S/C22H18F4N6O/c23-18-7-8-27-20(31-18)13-3-1-2-4-14(13)21(33)32-12-5-6-16(32)15(9-12)30-19-11-28-17(10-29-19)22(24,25)26/h1-4,7-8,10-12,15-16H,5-6,9H2,(H,29,30)/t12-,15-,16+/m1/s1. The van der Waals surface area contributed by atoms with E-state index in [0.29, 0.717) is 23.7 Å². The highest BCUT2D eigenvalue weighted by Crippen LogP contribution is 2.40. The third-order valence-corrected chi connectivity index (χ3v) is 6.07. The first-order valence-electron chi connectivity index (χ1n) is 10.4. The fourth-order valence-corrected chi connectivity index (χ4v) is 4.67. The molecule has 0 radical (unpaired) electrons. The van der Waals surface area contributed by atoms with E-state index in [1.807, 2.05) is 0 Å². The van der Waals surface area contributed by atoms with Crippen LogP contribution in [0, 0.1) is 5.95 Å². The van der Waals surface area contributed by atoms with Gasteiger partial charge in [-0.3, -0.25) is 4.79 Å². The first-order chi connectivity index (χ1) is 15.8. The Balaban J connectivity index is 1.37. The summed E-state index contributed by atoms with van der Waals surface area (Å²) < 4.78 is 51.8. The van der Waals surface area contributed by atoms with Crippen LogP contribution < -0.4 is 5.32 Å². The summed E-state index contributed by atoms with van der Waals surface area (Å²) in [5.74, 6) is -0.555. The summed E-state index contributed by atoms with van der Waals surface area (Å²) in [6.45, 7) is 0. The first-order valence-corrected chi connectivity index (χ1v) is 10.4. The molecule has 1 amide bonds. The molecule has 1 aromatic carbocycles. The Kier molecular flexibility index (Phi) is 5.18. The zero-order valence-corrected chi connectivity index (χ0v) is 17.1. The summed E-state index contributed by atoms with van der Waals surface area (Å²) in [5.41, 5.74) is -0.254. The minimum Gasteiger partial charge on any atom is -0.364 e. The summed E-state index contributed by atoms with van der Waals surface area (Å²) in [5, 5.41) is 3.13. The van der Waals surface area contributed by atoms with Crippen molar-refractivity contribution in [3.05, 3.63) is 66.1 Å². The van der Waals surface area contributed by atoms with Gasteiger partial charge in [-0.05, 0) is 25.3 Å². The minimum absolute atomic E-state index is 0.0242. The molecule has 5 rings (SSSR count). The number of anilines is 1. The van der Waals surface area contributed by atoms with Crippen LogP contribution in [-0.4, -0.2) is 48.9 Å². The maximum absolute atomic E-state index is 13.6. The molecule has 4 heterocycles. The zero-order chi connectivity index (χ0) is 23.2. The van der Waals surface area contributed by atoms with Gasteiger partial charge >= 0.3 is 6.18 Å². The maximum atomic E-state index is 13.6. The average molecular weight is 458 g/mol. The number of aromatic nitrogens is 4. The molecular formula is C22H18F4N6O. The van der Waals surface area contributed by atoms with Crippen LogP contribution in [0.5, 0.6) is 0 Å². The second-order valence-corrected chi connectivity index (χ2v) is 8.03. The highest BCUT2D eigenvalue weighted by atomic mass is 19.4. The molecule has 0 saturated carbocycles. The number of alkyl halides is 3. The van der Waals surface area contributed by atoms with Gasteiger partial charge in [0.25, 0.3) is 5.91 Å². The Hall–Kier alpha value is -3.63. The van der Waals surface area contributed by atoms with Gasteiger partial charge < -0.3 is 10.2 Å². The highest BCUT2D eigenvalue weighted by Gasteiger charge is 2.49. The smallest absolute Gasteiger partial charge is 0.364 e. The number of carbonyl (C=O) groups excluding carboxylic acids is 1. The lowest BCUT2D eigenvalue weighted by Gasteiger charge is -2.26. The minimum atomic E-state index is -4.56. The molecule has 3 aromatic rings. The Morgan fingerprint density at radius 1 is 1.06 bits per heavy atom. The van der Waals surface area contributed by atoms with Crippen LogP contribution in [0.15, 0.2) is 48.9 Å². The normalized spacial score (nSPS) is 21.9. The molecule has 0 unspecified atom stereocenters. The van der Waals surface area contributed by atoms with Crippen molar-refractivity contribution in [1.82, 2.24) is 24.8 Å². The van der Waals surface area contributed by atoms with E-state index in [1.165, 1.54) is 6.20 Å². The summed E-state index contributed by atoms with van der Waals surface area (Å²) in [6, 6.07) is 7.57. The van der Waals surface area contributed by atoms with Gasteiger partial charge in [0.15, 0.2) is 11.5 Å². The van der Waals surface area contributed by atoms with Crippen molar-refractivity contribution in [3.8, 4) is 11.4 Å². The monoisotopic (exact) mass is 458 g/mol. The van der Waals surface area contributed by atoms with Crippen LogP contribution in [0.3, 0.4) is 0 Å². The second kappa shape index (κ2) is 8.05. The number of hydrogen-bond donors (Lipinski definition) is 1. The number of nitrogens with one attached hydrogen (secondary N) is 1. The fraction of sp³-hybridized carbons (Fsp3) is 0.318. The molecule has 2 bridgehead atoms. The van der Waals surface area contributed by atoms with Crippen molar-refractivity contribution in [2.45, 2.75) is 43.6 Å². The quantitative estimate of drug-likeness (QED) is 0.471. The molecule has 2 aliphatic rings. The van der Waals surface area contributed by atoms with E-state index < -0.39 is 17.8 Å². The first kappa shape index (κ1) is 21.2. The molecule has 170 valence electrons. The number of halogens is 4. The Morgan fingerprint density at radius 3 is 2.61 bits per heavy atom. The van der Waals surface area contributed by atoms with Gasteiger partial charge in [-0.25, -0.2) is 15.0 Å². The van der Waals surface area contributed by atoms with E-state index in [9.17, 15) is 22.4 Å². The van der Waals surface area contributed by atoms with E-state index in [-0.39, 0.29) is 35.7 Å². The number of fused-ring (bicyclic) bond motifs is 2. The van der Waals surface area contributed by atoms with E-state index >= 15 is 0 Å². The van der Waals surface area contributed by atoms with E-state index in [0.717, 1.165) is 25.1 Å². The van der Waals surface area contributed by atoms with Crippen LogP contribution in [0.1, 0.15) is 35.3 Å². The number of carbonyl (C=O) groups is 1. The summed E-state index contributed by atoms with van der Waals surface area (Å²) >= 11 is 0. The molecule has 3 atom stereocenters. The van der Waals surface area contributed by atoms with Gasteiger partial charge in [0.05, 0.1) is 30.0 Å². The molecular weight excluding hydrogens is 440 g/mol. The lowest BCUT2D eigenvalue weighted by atomic mass is 9.95. The third-order valence-electron chi connectivity index (χ3n) is 6.07. The number of nitrogens with zero attached hydrogens (tertiary/aromatic N) is 5. The molecule has 0 spiro atoms. The number of hydrogen-bond acceptors (Lipinski definition) is 6. The lowest BCUT2D eigenvalue weighted by molar-refractivity contribution is -0.141. The van der Waals surface area contributed by atoms with Crippen molar-refractivity contribution in [3.63, 3.8) is 0 Å². The fourth-order valence-electron chi connectivity index (χ4n) is 4.67. The summed E-state index contributed by atoms with van der Waals surface area (Å²) in [7, 11) is 0. The molecule has 11 heteroatoms. The van der Waals surface area contributed by atoms with Crippen LogP contribution in [0.25, 0.3) is 11.4 Å². The number of amides is 1. The molecule has 2 aromatic heterocycles. The molecule has 2 saturated heterocycles.